The molecule has 8 heteroatoms. The minimum atomic E-state index is -0.190. The smallest absolute Gasteiger partial charge is 0.242 e. The minimum Gasteiger partial charge on any atom is -0.490 e. The van der Waals surface area contributed by atoms with E-state index in [1.54, 1.807) is 40.3 Å². The van der Waals surface area contributed by atoms with Crippen LogP contribution in [0.3, 0.4) is 0 Å². The Morgan fingerprint density at radius 3 is 2.74 bits per heavy atom. The second kappa shape index (κ2) is 11.2. The van der Waals surface area contributed by atoms with Gasteiger partial charge in [0.15, 0.2) is 0 Å². The van der Waals surface area contributed by atoms with Crippen LogP contribution in [0.25, 0.3) is 0 Å². The number of nitrogens with zero attached hydrogens (tertiary/aromatic N) is 4. The second-order valence-corrected chi connectivity index (χ2v) is 9.11. The first kappa shape index (κ1) is 23.8. The zero-order valence-electron chi connectivity index (χ0n) is 19.2. The topological polar surface area (TPSA) is 67.7 Å². The van der Waals surface area contributed by atoms with Crippen molar-refractivity contribution in [2.24, 2.45) is 5.92 Å². The quantitative estimate of drug-likeness (QED) is 0.490. The average Bonchev–Trinajstić information content (AvgIpc) is 3.34. The number of carbonyl (C=O) groups is 2. The molecule has 3 aromatic rings. The maximum atomic E-state index is 13.1. The number of amides is 2. The summed E-state index contributed by atoms with van der Waals surface area (Å²) in [5.41, 5.74) is 1.07. The van der Waals surface area contributed by atoms with E-state index in [0.717, 1.165) is 5.56 Å². The van der Waals surface area contributed by atoms with E-state index >= 15 is 0 Å². The number of rotatable bonds is 8. The zero-order valence-corrected chi connectivity index (χ0v) is 20.0. The van der Waals surface area contributed by atoms with Crippen molar-refractivity contribution in [3.05, 3.63) is 83.9 Å². The number of likely N-dealkylation sites (tertiary alicyclic amines) is 1. The molecule has 2 atom stereocenters. The van der Waals surface area contributed by atoms with E-state index in [0.29, 0.717) is 43.2 Å². The average molecular weight is 481 g/mol. The highest BCUT2D eigenvalue weighted by Crippen LogP contribution is 2.28. The van der Waals surface area contributed by atoms with E-state index < -0.39 is 0 Å². The molecular weight excluding hydrogens is 452 g/mol. The molecule has 178 valence electrons. The number of piperidine rings is 1. The third-order valence-corrected chi connectivity index (χ3v) is 6.34. The summed E-state index contributed by atoms with van der Waals surface area (Å²) in [5, 5.41) is 0.598. The van der Waals surface area contributed by atoms with Crippen molar-refractivity contribution < 1.29 is 14.3 Å². The molecule has 2 aromatic carbocycles. The normalized spacial score (nSPS) is 17.9. The van der Waals surface area contributed by atoms with Crippen molar-refractivity contribution in [3.8, 4) is 5.75 Å². The predicted molar refractivity (Wildman–Crippen MR) is 130 cm³/mol. The Morgan fingerprint density at radius 1 is 1.18 bits per heavy atom. The highest BCUT2D eigenvalue weighted by Gasteiger charge is 2.35. The second-order valence-electron chi connectivity index (χ2n) is 8.68. The zero-order chi connectivity index (χ0) is 23.9. The summed E-state index contributed by atoms with van der Waals surface area (Å²) in [4.78, 5) is 33.6. The van der Waals surface area contributed by atoms with Crippen LogP contribution >= 0.6 is 11.6 Å². The first-order valence-corrected chi connectivity index (χ1v) is 11.8. The van der Waals surface area contributed by atoms with E-state index in [9.17, 15) is 9.59 Å². The van der Waals surface area contributed by atoms with Gasteiger partial charge in [-0.15, -0.1) is 0 Å². The molecule has 1 aliphatic heterocycles. The standard InChI is InChI=1S/C26H29ClN4O3/c1-29(16-20-6-3-2-4-7-20)25(32)14-21-17-31(26(33)18-30-13-11-28-19-30)12-10-24(21)34-23-9-5-8-22(27)15-23/h2-9,11,13,15,19,21,24H,10,12,14,16-18H2,1H3/t21-,24-/m0/s1. The maximum Gasteiger partial charge on any atom is 0.242 e. The van der Waals surface area contributed by atoms with Crippen LogP contribution in [0.2, 0.25) is 5.02 Å². The lowest BCUT2D eigenvalue weighted by Crippen LogP contribution is -2.50. The molecular formula is C26H29ClN4O3. The Hall–Kier alpha value is -3.32. The molecule has 0 N–H and O–H groups in total. The van der Waals surface area contributed by atoms with Gasteiger partial charge in [0.2, 0.25) is 11.8 Å². The molecule has 1 fully saturated rings. The Bertz CT molecular complexity index is 1090. The number of ether oxygens (including phenoxy) is 1. The highest BCUT2D eigenvalue weighted by atomic mass is 35.5. The molecule has 0 aliphatic carbocycles. The van der Waals surface area contributed by atoms with Crippen molar-refractivity contribution in [2.45, 2.75) is 32.0 Å². The summed E-state index contributed by atoms with van der Waals surface area (Å²) in [6.07, 6.45) is 5.80. The van der Waals surface area contributed by atoms with Gasteiger partial charge in [0.25, 0.3) is 0 Å². The first-order chi connectivity index (χ1) is 16.5. The summed E-state index contributed by atoms with van der Waals surface area (Å²) in [5.74, 6) is 0.572. The molecule has 34 heavy (non-hydrogen) atoms. The van der Waals surface area contributed by atoms with E-state index in [1.807, 2.05) is 54.4 Å². The number of aromatic nitrogens is 2. The molecule has 0 spiro atoms. The van der Waals surface area contributed by atoms with Gasteiger partial charge in [0.05, 0.1) is 6.33 Å². The SMILES string of the molecule is CN(Cc1ccccc1)C(=O)C[C@H]1CN(C(=O)Cn2ccnc2)CC[C@@H]1Oc1cccc(Cl)c1. The fourth-order valence-electron chi connectivity index (χ4n) is 4.27. The Labute approximate surface area is 204 Å². The van der Waals surface area contributed by atoms with Gasteiger partial charge in [-0.3, -0.25) is 9.59 Å². The van der Waals surface area contributed by atoms with Crippen molar-refractivity contribution in [3.63, 3.8) is 0 Å². The van der Waals surface area contributed by atoms with Gasteiger partial charge >= 0.3 is 0 Å². The monoisotopic (exact) mass is 480 g/mol. The fourth-order valence-corrected chi connectivity index (χ4v) is 4.45. The minimum absolute atomic E-state index is 0.00861. The van der Waals surface area contributed by atoms with Crippen molar-refractivity contribution in [2.75, 3.05) is 20.1 Å². The van der Waals surface area contributed by atoms with E-state index in [4.69, 9.17) is 16.3 Å². The van der Waals surface area contributed by atoms with E-state index in [-0.39, 0.29) is 30.4 Å². The molecule has 4 rings (SSSR count). The Kier molecular flexibility index (Phi) is 7.85. The van der Waals surface area contributed by atoms with Gasteiger partial charge < -0.3 is 19.1 Å². The van der Waals surface area contributed by atoms with Crippen LogP contribution in [0.15, 0.2) is 73.3 Å². The van der Waals surface area contributed by atoms with Crippen LogP contribution in [0, 0.1) is 5.92 Å². The van der Waals surface area contributed by atoms with Crippen molar-refractivity contribution in [1.82, 2.24) is 19.4 Å². The summed E-state index contributed by atoms with van der Waals surface area (Å²) < 4.78 is 8.03. The number of halogens is 1. The lowest BCUT2D eigenvalue weighted by atomic mass is 9.90. The molecule has 1 saturated heterocycles. The lowest BCUT2D eigenvalue weighted by molar-refractivity contribution is -0.139. The van der Waals surface area contributed by atoms with Crippen LogP contribution in [0.1, 0.15) is 18.4 Å². The summed E-state index contributed by atoms with van der Waals surface area (Å²) >= 11 is 6.13. The molecule has 0 saturated carbocycles. The third-order valence-electron chi connectivity index (χ3n) is 6.10. The summed E-state index contributed by atoms with van der Waals surface area (Å²) in [7, 11) is 1.81. The number of benzene rings is 2. The number of carbonyl (C=O) groups excluding carboxylic acids is 2. The van der Waals surface area contributed by atoms with Crippen LogP contribution in [0.4, 0.5) is 0 Å². The van der Waals surface area contributed by atoms with Gasteiger partial charge in [0, 0.05) is 62.9 Å². The third kappa shape index (κ3) is 6.38. The fraction of sp³-hybridized carbons (Fsp3) is 0.346. The number of imidazole rings is 1. The van der Waals surface area contributed by atoms with Gasteiger partial charge in [-0.25, -0.2) is 4.98 Å². The predicted octanol–water partition coefficient (Wildman–Crippen LogP) is 3.88. The largest absolute Gasteiger partial charge is 0.490 e. The number of hydrogen-bond acceptors (Lipinski definition) is 4. The van der Waals surface area contributed by atoms with Crippen LogP contribution in [0.5, 0.6) is 5.75 Å². The van der Waals surface area contributed by atoms with Crippen LogP contribution in [-0.4, -0.2) is 57.4 Å². The molecule has 2 heterocycles. The molecule has 2 amide bonds. The van der Waals surface area contributed by atoms with E-state index in [1.165, 1.54) is 0 Å². The molecule has 1 aliphatic rings. The van der Waals surface area contributed by atoms with E-state index in [2.05, 4.69) is 4.98 Å². The first-order valence-electron chi connectivity index (χ1n) is 11.4. The molecule has 7 nitrogen and oxygen atoms in total. The van der Waals surface area contributed by atoms with Crippen molar-refractivity contribution >= 4 is 23.4 Å². The summed E-state index contributed by atoms with van der Waals surface area (Å²) in [6.45, 7) is 1.80. The summed E-state index contributed by atoms with van der Waals surface area (Å²) in [6, 6.07) is 17.2. The molecule has 0 unspecified atom stereocenters. The number of hydrogen-bond donors (Lipinski definition) is 0. The Balaban J connectivity index is 1.45. The van der Waals surface area contributed by atoms with Crippen LogP contribution in [-0.2, 0) is 22.7 Å². The van der Waals surface area contributed by atoms with Crippen LogP contribution < -0.4 is 4.74 Å². The van der Waals surface area contributed by atoms with Gasteiger partial charge in [-0.05, 0) is 23.8 Å². The maximum absolute atomic E-state index is 13.1. The highest BCUT2D eigenvalue weighted by molar-refractivity contribution is 6.30. The Morgan fingerprint density at radius 2 is 2.00 bits per heavy atom. The molecule has 1 aromatic heterocycles. The van der Waals surface area contributed by atoms with Gasteiger partial charge in [0.1, 0.15) is 18.4 Å². The van der Waals surface area contributed by atoms with Crippen molar-refractivity contribution in [1.29, 1.82) is 0 Å². The van der Waals surface area contributed by atoms with Gasteiger partial charge in [-0.2, -0.15) is 0 Å². The van der Waals surface area contributed by atoms with Gasteiger partial charge in [-0.1, -0.05) is 48.0 Å². The molecule has 0 bridgehead atoms. The lowest BCUT2D eigenvalue weighted by Gasteiger charge is -2.39. The molecule has 0 radical (unpaired) electrons.